The van der Waals surface area contributed by atoms with Crippen molar-refractivity contribution < 1.29 is 17.9 Å². The highest BCUT2D eigenvalue weighted by atomic mass is 32.2. The zero-order chi connectivity index (χ0) is 21.6. The van der Waals surface area contributed by atoms with Crippen LogP contribution in [-0.4, -0.2) is 64.7 Å². The summed E-state index contributed by atoms with van der Waals surface area (Å²) >= 11 is 0. The normalized spacial score (nSPS) is 16.6. The molecule has 1 heterocycles. The molecule has 1 amide bonds. The Morgan fingerprint density at radius 3 is 2.50 bits per heavy atom. The molecule has 2 aromatic rings. The standard InChI is InChI=1S/C22H31N3O4S/c1-17(2)21(22(26)23-10-5-11-25-12-14-29-15-13-25)24-30(27,28)20-9-8-18-6-3-4-7-19(18)16-20/h3-4,6-9,16-17,21,24H,5,10-15H2,1-2H3,(H,23,26). The number of hydrogen-bond donors (Lipinski definition) is 2. The van der Waals surface area contributed by atoms with Crippen molar-refractivity contribution in [3.63, 3.8) is 0 Å². The Morgan fingerprint density at radius 1 is 1.10 bits per heavy atom. The maximum Gasteiger partial charge on any atom is 0.241 e. The lowest BCUT2D eigenvalue weighted by molar-refractivity contribution is -0.123. The molecule has 1 saturated heterocycles. The van der Waals surface area contributed by atoms with Gasteiger partial charge in [0.15, 0.2) is 0 Å². The Hall–Kier alpha value is -2.00. The van der Waals surface area contributed by atoms with Gasteiger partial charge in [-0.25, -0.2) is 8.42 Å². The van der Waals surface area contributed by atoms with Crippen LogP contribution in [0.15, 0.2) is 47.4 Å². The molecule has 2 aromatic carbocycles. The van der Waals surface area contributed by atoms with E-state index in [0.29, 0.717) is 6.54 Å². The van der Waals surface area contributed by atoms with E-state index in [1.165, 1.54) is 0 Å². The Kier molecular flexibility index (Phi) is 7.82. The number of sulfonamides is 1. The summed E-state index contributed by atoms with van der Waals surface area (Å²) < 4.78 is 33.8. The van der Waals surface area contributed by atoms with Gasteiger partial charge in [-0.1, -0.05) is 44.2 Å². The summed E-state index contributed by atoms with van der Waals surface area (Å²) in [5, 5.41) is 4.69. The average molecular weight is 434 g/mol. The summed E-state index contributed by atoms with van der Waals surface area (Å²) in [7, 11) is -3.82. The highest BCUT2D eigenvalue weighted by molar-refractivity contribution is 7.89. The van der Waals surface area contributed by atoms with Crippen molar-refractivity contribution in [1.82, 2.24) is 14.9 Å². The first kappa shape index (κ1) is 22.7. The smallest absolute Gasteiger partial charge is 0.241 e. The molecule has 0 bridgehead atoms. The second-order valence-electron chi connectivity index (χ2n) is 7.95. The summed E-state index contributed by atoms with van der Waals surface area (Å²) in [5.41, 5.74) is 0. The molecule has 0 aromatic heterocycles. The first-order chi connectivity index (χ1) is 14.4. The Labute approximate surface area is 178 Å². The van der Waals surface area contributed by atoms with Crippen molar-refractivity contribution in [3.8, 4) is 0 Å². The molecule has 0 saturated carbocycles. The highest BCUT2D eigenvalue weighted by Gasteiger charge is 2.28. The predicted molar refractivity (Wildman–Crippen MR) is 118 cm³/mol. The molecule has 0 radical (unpaired) electrons. The number of ether oxygens (including phenoxy) is 1. The first-order valence-corrected chi connectivity index (χ1v) is 11.9. The van der Waals surface area contributed by atoms with E-state index in [1.807, 2.05) is 38.1 Å². The lowest BCUT2D eigenvalue weighted by Gasteiger charge is -2.26. The Bertz CT molecular complexity index is 956. The average Bonchev–Trinajstić information content (AvgIpc) is 2.75. The van der Waals surface area contributed by atoms with Crippen LogP contribution in [0.4, 0.5) is 0 Å². The zero-order valence-electron chi connectivity index (χ0n) is 17.6. The maximum atomic E-state index is 12.9. The van der Waals surface area contributed by atoms with E-state index in [1.54, 1.807) is 18.2 Å². The number of nitrogens with zero attached hydrogens (tertiary/aromatic N) is 1. The van der Waals surface area contributed by atoms with Crippen molar-refractivity contribution in [2.45, 2.75) is 31.2 Å². The SMILES string of the molecule is CC(C)C(NS(=O)(=O)c1ccc2ccccc2c1)C(=O)NCCCN1CCOCC1. The number of rotatable bonds is 9. The minimum Gasteiger partial charge on any atom is -0.379 e. The lowest BCUT2D eigenvalue weighted by atomic mass is 10.1. The molecule has 0 aliphatic carbocycles. The fourth-order valence-corrected chi connectivity index (χ4v) is 4.89. The van der Waals surface area contributed by atoms with Crippen molar-refractivity contribution in [3.05, 3.63) is 42.5 Å². The summed E-state index contributed by atoms with van der Waals surface area (Å²) in [6.07, 6.45) is 0.813. The topological polar surface area (TPSA) is 87.7 Å². The summed E-state index contributed by atoms with van der Waals surface area (Å²) in [4.78, 5) is 15.1. The number of benzene rings is 2. The molecule has 1 aliphatic rings. The zero-order valence-corrected chi connectivity index (χ0v) is 18.5. The number of fused-ring (bicyclic) bond motifs is 1. The molecule has 1 fully saturated rings. The molecule has 30 heavy (non-hydrogen) atoms. The van der Waals surface area contributed by atoms with Crippen molar-refractivity contribution in [2.75, 3.05) is 39.4 Å². The molecule has 2 N–H and O–H groups in total. The molecule has 164 valence electrons. The third-order valence-corrected chi connectivity index (χ3v) is 6.76. The first-order valence-electron chi connectivity index (χ1n) is 10.5. The second kappa shape index (κ2) is 10.3. The van der Waals surface area contributed by atoms with Gasteiger partial charge in [0, 0.05) is 19.6 Å². The fourth-order valence-electron chi connectivity index (χ4n) is 3.51. The van der Waals surface area contributed by atoms with Crippen LogP contribution in [0, 0.1) is 5.92 Å². The number of carbonyl (C=O) groups excluding carboxylic acids is 1. The molecule has 3 rings (SSSR count). The number of morpholine rings is 1. The lowest BCUT2D eigenvalue weighted by Crippen LogP contribution is -2.50. The van der Waals surface area contributed by atoms with Gasteiger partial charge in [-0.05, 0) is 41.8 Å². The van der Waals surface area contributed by atoms with Crippen LogP contribution < -0.4 is 10.0 Å². The Morgan fingerprint density at radius 2 is 1.80 bits per heavy atom. The van der Waals surface area contributed by atoms with Gasteiger partial charge in [0.2, 0.25) is 15.9 Å². The van der Waals surface area contributed by atoms with Crippen LogP contribution in [0.1, 0.15) is 20.3 Å². The number of amides is 1. The molecular weight excluding hydrogens is 402 g/mol. The van der Waals surface area contributed by atoms with Gasteiger partial charge in [-0.2, -0.15) is 4.72 Å². The van der Waals surface area contributed by atoms with Gasteiger partial charge in [0.05, 0.1) is 18.1 Å². The van der Waals surface area contributed by atoms with E-state index in [0.717, 1.165) is 50.0 Å². The van der Waals surface area contributed by atoms with Crippen molar-refractivity contribution >= 4 is 26.7 Å². The molecule has 1 aliphatic heterocycles. The van der Waals surface area contributed by atoms with E-state index in [-0.39, 0.29) is 16.7 Å². The van der Waals surface area contributed by atoms with E-state index in [4.69, 9.17) is 4.74 Å². The molecule has 0 spiro atoms. The predicted octanol–water partition coefficient (Wildman–Crippen LogP) is 1.98. The van der Waals surface area contributed by atoms with E-state index in [9.17, 15) is 13.2 Å². The second-order valence-corrected chi connectivity index (χ2v) is 9.66. The largest absolute Gasteiger partial charge is 0.379 e. The summed E-state index contributed by atoms with van der Waals surface area (Å²) in [5.74, 6) is -0.476. The number of hydrogen-bond acceptors (Lipinski definition) is 5. The molecule has 8 heteroatoms. The van der Waals surface area contributed by atoms with Crippen molar-refractivity contribution in [1.29, 1.82) is 0 Å². The van der Waals surface area contributed by atoms with Crippen molar-refractivity contribution in [2.24, 2.45) is 5.92 Å². The fraction of sp³-hybridized carbons (Fsp3) is 0.500. The monoisotopic (exact) mass is 433 g/mol. The van der Waals surface area contributed by atoms with Gasteiger partial charge < -0.3 is 10.1 Å². The third-order valence-electron chi connectivity index (χ3n) is 5.32. The maximum absolute atomic E-state index is 12.9. The quantitative estimate of drug-likeness (QED) is 0.591. The van der Waals surface area contributed by atoms with Crippen LogP contribution in [0.3, 0.4) is 0 Å². The van der Waals surface area contributed by atoms with Gasteiger partial charge in [0.25, 0.3) is 0 Å². The summed E-state index contributed by atoms with van der Waals surface area (Å²) in [6, 6.07) is 11.7. The van der Waals surface area contributed by atoms with Crippen LogP contribution in [0.25, 0.3) is 10.8 Å². The molecular formula is C22H31N3O4S. The summed E-state index contributed by atoms with van der Waals surface area (Å²) in [6.45, 7) is 8.39. The van der Waals surface area contributed by atoms with E-state index in [2.05, 4.69) is 14.9 Å². The van der Waals surface area contributed by atoms with Gasteiger partial charge >= 0.3 is 0 Å². The van der Waals surface area contributed by atoms with Crippen LogP contribution in [-0.2, 0) is 19.6 Å². The van der Waals surface area contributed by atoms with Gasteiger partial charge in [-0.15, -0.1) is 0 Å². The van der Waals surface area contributed by atoms with Gasteiger partial charge in [-0.3, -0.25) is 9.69 Å². The number of carbonyl (C=O) groups is 1. The minimum absolute atomic E-state index is 0.159. The number of nitrogens with one attached hydrogen (secondary N) is 2. The Balaban J connectivity index is 1.59. The van der Waals surface area contributed by atoms with Crippen LogP contribution >= 0.6 is 0 Å². The van der Waals surface area contributed by atoms with E-state index >= 15 is 0 Å². The van der Waals surface area contributed by atoms with E-state index < -0.39 is 16.1 Å². The minimum atomic E-state index is -3.82. The molecule has 1 unspecified atom stereocenters. The highest BCUT2D eigenvalue weighted by Crippen LogP contribution is 2.19. The molecule has 7 nitrogen and oxygen atoms in total. The van der Waals surface area contributed by atoms with Crippen LogP contribution in [0.5, 0.6) is 0 Å². The van der Waals surface area contributed by atoms with Crippen LogP contribution in [0.2, 0.25) is 0 Å². The molecule has 1 atom stereocenters. The van der Waals surface area contributed by atoms with Gasteiger partial charge in [0.1, 0.15) is 6.04 Å². The third kappa shape index (κ3) is 6.01.